The summed E-state index contributed by atoms with van der Waals surface area (Å²) >= 11 is 0. The predicted molar refractivity (Wildman–Crippen MR) is 110 cm³/mol. The Morgan fingerprint density at radius 3 is 2.28 bits per heavy atom. The van der Waals surface area contributed by atoms with Crippen molar-refractivity contribution in [1.82, 2.24) is 15.3 Å². The second-order valence-electron chi connectivity index (χ2n) is 9.56. The van der Waals surface area contributed by atoms with E-state index in [0.29, 0.717) is 25.8 Å². The van der Waals surface area contributed by atoms with Gasteiger partial charge in [0.05, 0.1) is 0 Å². The van der Waals surface area contributed by atoms with Gasteiger partial charge in [0.15, 0.2) is 0 Å². The lowest BCUT2D eigenvalue weighted by atomic mass is 9.81. The molecule has 1 aliphatic heterocycles. The molecule has 1 heterocycles. The highest BCUT2D eigenvalue weighted by Gasteiger charge is 2.51. The van der Waals surface area contributed by atoms with E-state index in [0.717, 1.165) is 5.56 Å². The Labute approximate surface area is 173 Å². The smallest absolute Gasteiger partial charge is 0.308 e. The van der Waals surface area contributed by atoms with E-state index in [1.165, 1.54) is 4.90 Å². The summed E-state index contributed by atoms with van der Waals surface area (Å²) < 4.78 is 0. The molecule has 1 fully saturated rings. The molecular weight excluding hydrogens is 370 g/mol. The fourth-order valence-corrected chi connectivity index (χ4v) is 4.32. The number of carbonyl (C=O) groups is 3. The molecule has 1 unspecified atom stereocenters. The maximum absolute atomic E-state index is 13.3. The van der Waals surface area contributed by atoms with Crippen LogP contribution in [0.1, 0.15) is 65.9 Å². The van der Waals surface area contributed by atoms with Crippen molar-refractivity contribution in [3.63, 3.8) is 0 Å². The number of hydrogen-bond donors (Lipinski definition) is 2. The topological polar surface area (TPSA) is 89.9 Å². The van der Waals surface area contributed by atoms with E-state index in [1.807, 2.05) is 44.2 Å². The first kappa shape index (κ1) is 22.9. The molecule has 0 aromatic heterocycles. The van der Waals surface area contributed by atoms with Crippen LogP contribution < -0.4 is 5.48 Å². The van der Waals surface area contributed by atoms with Crippen LogP contribution in [-0.2, 0) is 16.1 Å². The van der Waals surface area contributed by atoms with E-state index >= 15 is 0 Å². The molecule has 1 atom stereocenters. The van der Waals surface area contributed by atoms with Gasteiger partial charge in [0.25, 0.3) is 5.91 Å². The Morgan fingerprint density at radius 2 is 1.72 bits per heavy atom. The molecule has 0 radical (unpaired) electrons. The van der Waals surface area contributed by atoms with Crippen LogP contribution in [0.25, 0.3) is 0 Å². The van der Waals surface area contributed by atoms with Crippen LogP contribution in [0.4, 0.5) is 4.79 Å². The zero-order valence-electron chi connectivity index (χ0n) is 18.1. The molecule has 7 nitrogen and oxygen atoms in total. The second kappa shape index (κ2) is 8.95. The van der Waals surface area contributed by atoms with Gasteiger partial charge in [0.1, 0.15) is 6.04 Å². The number of hydroxylamine groups is 1. The number of nitrogens with one attached hydrogen (secondary N) is 1. The summed E-state index contributed by atoms with van der Waals surface area (Å²) in [6.07, 6.45) is 1.54. The van der Waals surface area contributed by atoms with E-state index in [1.54, 1.807) is 10.4 Å². The summed E-state index contributed by atoms with van der Waals surface area (Å²) in [6.45, 7) is 10.5. The average molecular weight is 404 g/mol. The van der Waals surface area contributed by atoms with Crippen molar-refractivity contribution < 1.29 is 19.6 Å². The van der Waals surface area contributed by atoms with Crippen LogP contribution in [0, 0.1) is 5.41 Å². The molecule has 2 N–H and O–H groups in total. The van der Waals surface area contributed by atoms with Gasteiger partial charge in [-0.1, -0.05) is 51.1 Å². The minimum Gasteiger partial charge on any atom is -0.308 e. The first-order valence-corrected chi connectivity index (χ1v) is 10.1. The lowest BCUT2D eigenvalue weighted by Crippen LogP contribution is -2.50. The Bertz CT molecular complexity index is 740. The fraction of sp³-hybridized carbons (Fsp3) is 0.591. The standard InChI is InChI=1S/C22H33N3O4/c1-21(2,3)15-22(4,5)25-19(27)17(12-9-13-18(26)23-29)24(20(25)28)14-16-10-7-6-8-11-16/h6-8,10-11,17,29H,9,12-15H2,1-5H3,(H,23,26). The number of nitrogens with zero attached hydrogens (tertiary/aromatic N) is 2. The highest BCUT2D eigenvalue weighted by Crippen LogP contribution is 2.36. The highest BCUT2D eigenvalue weighted by atomic mass is 16.5. The van der Waals surface area contributed by atoms with Crippen molar-refractivity contribution >= 4 is 17.8 Å². The predicted octanol–water partition coefficient (Wildman–Crippen LogP) is 3.71. The monoisotopic (exact) mass is 403 g/mol. The molecule has 0 spiro atoms. The molecule has 0 saturated carbocycles. The summed E-state index contributed by atoms with van der Waals surface area (Å²) in [5, 5.41) is 8.69. The van der Waals surface area contributed by atoms with Crippen LogP contribution in [0.15, 0.2) is 30.3 Å². The molecule has 2 rings (SSSR count). The highest BCUT2D eigenvalue weighted by molar-refractivity contribution is 6.05. The average Bonchev–Trinajstić information content (AvgIpc) is 2.84. The molecule has 7 heteroatoms. The van der Waals surface area contributed by atoms with E-state index in [9.17, 15) is 14.4 Å². The molecule has 1 aliphatic rings. The van der Waals surface area contributed by atoms with Crippen LogP contribution in [-0.4, -0.2) is 44.4 Å². The molecule has 1 aromatic rings. The quantitative estimate of drug-likeness (QED) is 0.393. The molecule has 4 amide bonds. The van der Waals surface area contributed by atoms with E-state index in [-0.39, 0.29) is 23.8 Å². The molecule has 1 aromatic carbocycles. The normalized spacial score (nSPS) is 17.8. The molecule has 0 bridgehead atoms. The van der Waals surface area contributed by atoms with Gasteiger partial charge in [-0.15, -0.1) is 0 Å². The lowest BCUT2D eigenvalue weighted by Gasteiger charge is -2.38. The summed E-state index contributed by atoms with van der Waals surface area (Å²) in [7, 11) is 0. The van der Waals surface area contributed by atoms with Crippen LogP contribution >= 0.6 is 0 Å². The van der Waals surface area contributed by atoms with Crippen molar-refractivity contribution in [2.45, 2.75) is 78.4 Å². The van der Waals surface area contributed by atoms with Crippen LogP contribution in [0.3, 0.4) is 0 Å². The van der Waals surface area contributed by atoms with Crippen molar-refractivity contribution in [3.8, 4) is 0 Å². The number of urea groups is 1. The largest absolute Gasteiger partial charge is 0.328 e. The van der Waals surface area contributed by atoms with Gasteiger partial charge >= 0.3 is 6.03 Å². The second-order valence-corrected chi connectivity index (χ2v) is 9.56. The third kappa shape index (κ3) is 5.79. The molecule has 160 valence electrons. The van der Waals surface area contributed by atoms with Gasteiger partial charge in [-0.3, -0.25) is 19.7 Å². The maximum Gasteiger partial charge on any atom is 0.328 e. The van der Waals surface area contributed by atoms with Gasteiger partial charge in [0.2, 0.25) is 5.91 Å². The molecule has 29 heavy (non-hydrogen) atoms. The van der Waals surface area contributed by atoms with Gasteiger partial charge in [-0.2, -0.15) is 0 Å². The fourth-order valence-electron chi connectivity index (χ4n) is 4.32. The lowest BCUT2D eigenvalue weighted by molar-refractivity contribution is -0.133. The van der Waals surface area contributed by atoms with Crippen molar-refractivity contribution in [2.24, 2.45) is 5.41 Å². The number of carbonyl (C=O) groups excluding carboxylic acids is 3. The Balaban J connectivity index is 2.27. The summed E-state index contributed by atoms with van der Waals surface area (Å²) in [6, 6.07) is 8.66. The summed E-state index contributed by atoms with van der Waals surface area (Å²) in [5.41, 5.74) is 1.88. The van der Waals surface area contributed by atoms with Crippen molar-refractivity contribution in [1.29, 1.82) is 0 Å². The van der Waals surface area contributed by atoms with E-state index in [2.05, 4.69) is 20.8 Å². The zero-order chi connectivity index (χ0) is 21.8. The third-order valence-corrected chi connectivity index (χ3v) is 5.09. The maximum atomic E-state index is 13.3. The Hall–Kier alpha value is -2.41. The number of benzene rings is 1. The number of amides is 4. The van der Waals surface area contributed by atoms with Gasteiger partial charge in [-0.25, -0.2) is 10.3 Å². The SMILES string of the molecule is CC(C)(C)CC(C)(C)N1C(=O)C(CCCC(=O)NO)N(Cc2ccccc2)C1=O. The molecule has 1 saturated heterocycles. The van der Waals surface area contributed by atoms with Gasteiger partial charge in [0, 0.05) is 18.5 Å². The van der Waals surface area contributed by atoms with Crippen LogP contribution in [0.5, 0.6) is 0 Å². The molecular formula is C22H33N3O4. The van der Waals surface area contributed by atoms with Gasteiger partial charge in [-0.05, 0) is 44.1 Å². The van der Waals surface area contributed by atoms with Gasteiger partial charge < -0.3 is 4.90 Å². The van der Waals surface area contributed by atoms with E-state index in [4.69, 9.17) is 5.21 Å². The minimum atomic E-state index is -0.626. The first-order chi connectivity index (χ1) is 13.5. The summed E-state index contributed by atoms with van der Waals surface area (Å²) in [4.78, 5) is 41.0. The van der Waals surface area contributed by atoms with Crippen LogP contribution in [0.2, 0.25) is 0 Å². The Kier molecular flexibility index (Phi) is 7.06. The number of rotatable bonds is 8. The van der Waals surface area contributed by atoms with Crippen molar-refractivity contribution in [2.75, 3.05) is 0 Å². The summed E-state index contributed by atoms with van der Waals surface area (Å²) in [5.74, 6) is -0.717. The third-order valence-electron chi connectivity index (χ3n) is 5.09. The molecule has 0 aliphatic carbocycles. The minimum absolute atomic E-state index is 0.0500. The Morgan fingerprint density at radius 1 is 1.10 bits per heavy atom. The zero-order valence-corrected chi connectivity index (χ0v) is 18.1. The first-order valence-electron chi connectivity index (χ1n) is 10.1. The number of imide groups is 1. The van der Waals surface area contributed by atoms with Crippen molar-refractivity contribution in [3.05, 3.63) is 35.9 Å². The van der Waals surface area contributed by atoms with E-state index < -0.39 is 17.5 Å². The number of hydrogen-bond acceptors (Lipinski definition) is 4.